The molecule has 0 heterocycles. The van der Waals surface area contributed by atoms with Gasteiger partial charge in [0.1, 0.15) is 5.75 Å². The SMILES string of the molecule is OCc1cccc(NCc2cccc(OC(F)(F)F)c2)c1. The number of anilines is 1. The van der Waals surface area contributed by atoms with Crippen molar-refractivity contribution in [2.45, 2.75) is 19.5 Å². The van der Waals surface area contributed by atoms with Gasteiger partial charge in [-0.2, -0.15) is 0 Å². The minimum atomic E-state index is -4.69. The summed E-state index contributed by atoms with van der Waals surface area (Å²) >= 11 is 0. The number of alkyl halides is 3. The molecule has 112 valence electrons. The number of rotatable bonds is 5. The number of aliphatic hydroxyl groups excluding tert-OH is 1. The first kappa shape index (κ1) is 15.2. The van der Waals surface area contributed by atoms with Crippen molar-refractivity contribution in [3.63, 3.8) is 0 Å². The van der Waals surface area contributed by atoms with Crippen LogP contribution in [0.5, 0.6) is 5.75 Å². The molecule has 3 nitrogen and oxygen atoms in total. The molecule has 0 saturated carbocycles. The van der Waals surface area contributed by atoms with Crippen LogP contribution in [0.2, 0.25) is 0 Å². The molecule has 0 aliphatic rings. The zero-order chi connectivity index (χ0) is 15.3. The molecule has 21 heavy (non-hydrogen) atoms. The van der Waals surface area contributed by atoms with Gasteiger partial charge in [0, 0.05) is 12.2 Å². The van der Waals surface area contributed by atoms with Gasteiger partial charge >= 0.3 is 6.36 Å². The number of hydrogen-bond acceptors (Lipinski definition) is 3. The van der Waals surface area contributed by atoms with Crippen molar-refractivity contribution in [2.24, 2.45) is 0 Å². The number of halogens is 3. The number of hydrogen-bond donors (Lipinski definition) is 2. The van der Waals surface area contributed by atoms with Crippen LogP contribution >= 0.6 is 0 Å². The van der Waals surface area contributed by atoms with E-state index in [4.69, 9.17) is 5.11 Å². The van der Waals surface area contributed by atoms with Gasteiger partial charge in [0.05, 0.1) is 6.61 Å². The molecule has 0 atom stereocenters. The molecule has 0 radical (unpaired) electrons. The number of benzene rings is 2. The van der Waals surface area contributed by atoms with E-state index in [0.717, 1.165) is 11.3 Å². The Morgan fingerprint density at radius 3 is 2.43 bits per heavy atom. The molecule has 0 aromatic heterocycles. The van der Waals surface area contributed by atoms with Crippen molar-refractivity contribution in [2.75, 3.05) is 5.32 Å². The predicted molar refractivity (Wildman–Crippen MR) is 72.8 cm³/mol. The summed E-state index contributed by atoms with van der Waals surface area (Å²) in [5.41, 5.74) is 2.20. The van der Waals surface area contributed by atoms with Crippen LogP contribution in [0.4, 0.5) is 18.9 Å². The number of nitrogens with one attached hydrogen (secondary N) is 1. The van der Waals surface area contributed by atoms with E-state index in [2.05, 4.69) is 10.1 Å². The Bertz CT molecular complexity index is 599. The molecule has 0 spiro atoms. The van der Waals surface area contributed by atoms with Crippen molar-refractivity contribution in [1.82, 2.24) is 0 Å². The maximum Gasteiger partial charge on any atom is 0.573 e. The molecule has 0 bridgehead atoms. The molecule has 0 amide bonds. The van der Waals surface area contributed by atoms with E-state index < -0.39 is 6.36 Å². The molecule has 0 aliphatic heterocycles. The zero-order valence-electron chi connectivity index (χ0n) is 11.0. The summed E-state index contributed by atoms with van der Waals surface area (Å²) < 4.78 is 40.3. The Balaban J connectivity index is 2.01. The van der Waals surface area contributed by atoms with Crippen LogP contribution in [0.25, 0.3) is 0 Å². The highest BCUT2D eigenvalue weighted by Gasteiger charge is 2.31. The van der Waals surface area contributed by atoms with Gasteiger partial charge in [0.25, 0.3) is 0 Å². The quantitative estimate of drug-likeness (QED) is 0.884. The van der Waals surface area contributed by atoms with Crippen LogP contribution < -0.4 is 10.1 Å². The number of aliphatic hydroxyl groups is 1. The van der Waals surface area contributed by atoms with E-state index in [1.807, 2.05) is 6.07 Å². The van der Waals surface area contributed by atoms with Crippen LogP contribution in [0, 0.1) is 0 Å². The summed E-state index contributed by atoms with van der Waals surface area (Å²) in [5, 5.41) is 12.1. The lowest BCUT2D eigenvalue weighted by atomic mass is 10.2. The third-order valence-electron chi connectivity index (χ3n) is 2.74. The molecule has 0 aliphatic carbocycles. The molecular weight excluding hydrogens is 283 g/mol. The van der Waals surface area contributed by atoms with Crippen molar-refractivity contribution < 1.29 is 23.0 Å². The second-order valence-electron chi connectivity index (χ2n) is 4.41. The second-order valence-corrected chi connectivity index (χ2v) is 4.41. The van der Waals surface area contributed by atoms with Gasteiger partial charge in [-0.25, -0.2) is 0 Å². The fourth-order valence-electron chi connectivity index (χ4n) is 1.84. The topological polar surface area (TPSA) is 41.5 Å². The third-order valence-corrected chi connectivity index (χ3v) is 2.74. The molecule has 2 aromatic rings. The summed E-state index contributed by atoms with van der Waals surface area (Å²) in [6.45, 7) is 0.286. The van der Waals surface area contributed by atoms with E-state index in [1.54, 1.807) is 24.3 Å². The lowest BCUT2D eigenvalue weighted by Crippen LogP contribution is -2.17. The molecular formula is C15H14F3NO2. The van der Waals surface area contributed by atoms with Gasteiger partial charge in [0.2, 0.25) is 0 Å². The lowest BCUT2D eigenvalue weighted by Gasteiger charge is -2.11. The van der Waals surface area contributed by atoms with E-state index >= 15 is 0 Å². The van der Waals surface area contributed by atoms with E-state index in [0.29, 0.717) is 12.1 Å². The Labute approximate surface area is 120 Å². The average molecular weight is 297 g/mol. The molecule has 2 aromatic carbocycles. The summed E-state index contributed by atoms with van der Waals surface area (Å²) in [5.74, 6) is -0.245. The van der Waals surface area contributed by atoms with Crippen LogP contribution in [-0.4, -0.2) is 11.5 Å². The lowest BCUT2D eigenvalue weighted by molar-refractivity contribution is -0.274. The maximum absolute atomic E-state index is 12.1. The Morgan fingerprint density at radius 1 is 1.00 bits per heavy atom. The predicted octanol–water partition coefficient (Wildman–Crippen LogP) is 3.69. The monoisotopic (exact) mass is 297 g/mol. The minimum absolute atomic E-state index is 0.0651. The standard InChI is InChI=1S/C15H14F3NO2/c16-15(17,18)21-14-6-2-3-11(8-14)9-19-13-5-1-4-12(7-13)10-20/h1-8,19-20H,9-10H2. The highest BCUT2D eigenvalue weighted by molar-refractivity contribution is 5.46. The van der Waals surface area contributed by atoms with Gasteiger partial charge in [-0.05, 0) is 35.4 Å². The Hall–Kier alpha value is -2.21. The van der Waals surface area contributed by atoms with Crippen molar-refractivity contribution >= 4 is 5.69 Å². The molecule has 0 unspecified atom stereocenters. The second kappa shape index (κ2) is 6.49. The Morgan fingerprint density at radius 2 is 1.71 bits per heavy atom. The van der Waals surface area contributed by atoms with Crippen LogP contribution in [0.15, 0.2) is 48.5 Å². The maximum atomic E-state index is 12.1. The molecule has 2 N–H and O–H groups in total. The first-order chi connectivity index (χ1) is 9.96. The highest BCUT2D eigenvalue weighted by Crippen LogP contribution is 2.23. The summed E-state index contributed by atoms with van der Waals surface area (Å²) in [4.78, 5) is 0. The van der Waals surface area contributed by atoms with Gasteiger partial charge in [-0.15, -0.1) is 13.2 Å². The largest absolute Gasteiger partial charge is 0.573 e. The summed E-state index contributed by atoms with van der Waals surface area (Å²) in [6, 6.07) is 12.9. The Kier molecular flexibility index (Phi) is 4.70. The van der Waals surface area contributed by atoms with Gasteiger partial charge in [-0.3, -0.25) is 0 Å². The first-order valence-electron chi connectivity index (χ1n) is 6.24. The van der Waals surface area contributed by atoms with Crippen LogP contribution in [0.3, 0.4) is 0 Å². The van der Waals surface area contributed by atoms with E-state index in [1.165, 1.54) is 18.2 Å². The number of ether oxygens (including phenoxy) is 1. The molecule has 2 rings (SSSR count). The first-order valence-corrected chi connectivity index (χ1v) is 6.24. The van der Waals surface area contributed by atoms with Gasteiger partial charge < -0.3 is 15.2 Å². The van der Waals surface area contributed by atoms with Gasteiger partial charge in [0.15, 0.2) is 0 Å². The highest BCUT2D eigenvalue weighted by atomic mass is 19.4. The molecule has 0 saturated heterocycles. The van der Waals surface area contributed by atoms with Gasteiger partial charge in [-0.1, -0.05) is 24.3 Å². The molecule has 0 fully saturated rings. The van der Waals surface area contributed by atoms with Crippen molar-refractivity contribution in [1.29, 1.82) is 0 Å². The van der Waals surface area contributed by atoms with Crippen molar-refractivity contribution in [3.8, 4) is 5.75 Å². The van der Waals surface area contributed by atoms with E-state index in [-0.39, 0.29) is 12.4 Å². The summed E-state index contributed by atoms with van der Waals surface area (Å²) in [6.07, 6.45) is -4.69. The normalized spacial score (nSPS) is 11.2. The average Bonchev–Trinajstić information content (AvgIpc) is 2.44. The summed E-state index contributed by atoms with van der Waals surface area (Å²) in [7, 11) is 0. The van der Waals surface area contributed by atoms with E-state index in [9.17, 15) is 13.2 Å². The third kappa shape index (κ3) is 5.00. The van der Waals surface area contributed by atoms with Crippen LogP contribution in [0.1, 0.15) is 11.1 Å². The fourth-order valence-corrected chi connectivity index (χ4v) is 1.84. The smallest absolute Gasteiger partial charge is 0.406 e. The van der Waals surface area contributed by atoms with Crippen molar-refractivity contribution in [3.05, 3.63) is 59.7 Å². The minimum Gasteiger partial charge on any atom is -0.406 e. The molecule has 6 heteroatoms. The van der Waals surface area contributed by atoms with Crippen LogP contribution in [-0.2, 0) is 13.2 Å². The fraction of sp³-hybridized carbons (Fsp3) is 0.200. The zero-order valence-corrected chi connectivity index (χ0v) is 11.0.